The lowest BCUT2D eigenvalue weighted by molar-refractivity contribution is 0.489. The molecule has 2 nitrogen and oxygen atoms in total. The normalized spacial score (nSPS) is 20.0. The SMILES string of the molecule is CNC1CCCc2c1[nH]c1ccc(Br)cc21. The molecule has 1 aromatic carbocycles. The third-order valence-electron chi connectivity index (χ3n) is 3.52. The molecule has 0 saturated carbocycles. The molecule has 0 fully saturated rings. The molecule has 16 heavy (non-hydrogen) atoms. The monoisotopic (exact) mass is 278 g/mol. The number of nitrogens with one attached hydrogen (secondary N) is 2. The fraction of sp³-hybridized carbons (Fsp3) is 0.385. The highest BCUT2D eigenvalue weighted by molar-refractivity contribution is 9.10. The van der Waals surface area contributed by atoms with Crippen molar-refractivity contribution < 1.29 is 0 Å². The Morgan fingerprint density at radius 1 is 1.44 bits per heavy atom. The molecule has 3 rings (SSSR count). The molecule has 1 atom stereocenters. The van der Waals surface area contributed by atoms with E-state index in [1.807, 2.05) is 7.05 Å². The Hall–Kier alpha value is -0.800. The summed E-state index contributed by atoms with van der Waals surface area (Å²) in [5, 5.41) is 4.77. The van der Waals surface area contributed by atoms with Crippen molar-refractivity contribution in [3.63, 3.8) is 0 Å². The fourth-order valence-corrected chi connectivity index (χ4v) is 3.08. The quantitative estimate of drug-likeness (QED) is 0.821. The first-order valence-electron chi connectivity index (χ1n) is 5.77. The highest BCUT2D eigenvalue weighted by atomic mass is 79.9. The van der Waals surface area contributed by atoms with Gasteiger partial charge in [-0.2, -0.15) is 0 Å². The number of fused-ring (bicyclic) bond motifs is 3. The van der Waals surface area contributed by atoms with E-state index in [2.05, 4.69) is 44.4 Å². The Labute approximate surface area is 104 Å². The van der Waals surface area contributed by atoms with Crippen LogP contribution in [-0.2, 0) is 6.42 Å². The molecular formula is C13H15BrN2. The molecule has 1 aromatic heterocycles. The van der Waals surface area contributed by atoms with Crippen LogP contribution in [0.2, 0.25) is 0 Å². The Morgan fingerprint density at radius 3 is 3.12 bits per heavy atom. The Balaban J connectivity index is 2.24. The lowest BCUT2D eigenvalue weighted by atomic mass is 9.92. The molecule has 1 heterocycles. The lowest BCUT2D eigenvalue weighted by Crippen LogP contribution is -2.21. The van der Waals surface area contributed by atoms with Crippen LogP contribution in [0, 0.1) is 0 Å². The molecule has 0 amide bonds. The average molecular weight is 279 g/mol. The fourth-order valence-electron chi connectivity index (χ4n) is 2.72. The summed E-state index contributed by atoms with van der Waals surface area (Å²) >= 11 is 3.55. The van der Waals surface area contributed by atoms with Crippen LogP contribution in [0.3, 0.4) is 0 Å². The third-order valence-corrected chi connectivity index (χ3v) is 4.01. The van der Waals surface area contributed by atoms with Gasteiger partial charge in [0.25, 0.3) is 0 Å². The van der Waals surface area contributed by atoms with Gasteiger partial charge in [0, 0.05) is 27.1 Å². The topological polar surface area (TPSA) is 27.8 Å². The molecular weight excluding hydrogens is 264 g/mol. The van der Waals surface area contributed by atoms with Crippen molar-refractivity contribution in [2.24, 2.45) is 0 Å². The van der Waals surface area contributed by atoms with E-state index in [1.165, 1.54) is 41.4 Å². The zero-order chi connectivity index (χ0) is 11.1. The van der Waals surface area contributed by atoms with E-state index in [-0.39, 0.29) is 0 Å². The number of halogens is 1. The van der Waals surface area contributed by atoms with Crippen molar-refractivity contribution in [2.45, 2.75) is 25.3 Å². The zero-order valence-corrected chi connectivity index (χ0v) is 10.9. The highest BCUT2D eigenvalue weighted by Crippen LogP contribution is 2.35. The van der Waals surface area contributed by atoms with Gasteiger partial charge in [0.2, 0.25) is 0 Å². The third kappa shape index (κ3) is 1.50. The van der Waals surface area contributed by atoms with Gasteiger partial charge in [0.15, 0.2) is 0 Å². The van der Waals surface area contributed by atoms with Crippen LogP contribution < -0.4 is 5.32 Å². The van der Waals surface area contributed by atoms with Gasteiger partial charge in [-0.3, -0.25) is 0 Å². The summed E-state index contributed by atoms with van der Waals surface area (Å²) < 4.78 is 1.16. The number of aryl methyl sites for hydroxylation is 1. The van der Waals surface area contributed by atoms with E-state index >= 15 is 0 Å². The molecule has 1 aliphatic carbocycles. The number of hydrogen-bond donors (Lipinski definition) is 2. The summed E-state index contributed by atoms with van der Waals surface area (Å²) in [4.78, 5) is 3.56. The zero-order valence-electron chi connectivity index (χ0n) is 9.31. The number of hydrogen-bond acceptors (Lipinski definition) is 1. The first-order valence-corrected chi connectivity index (χ1v) is 6.56. The van der Waals surface area contributed by atoms with Gasteiger partial charge >= 0.3 is 0 Å². The number of H-pyrrole nitrogens is 1. The minimum atomic E-state index is 0.495. The number of aromatic amines is 1. The summed E-state index contributed by atoms with van der Waals surface area (Å²) in [6.45, 7) is 0. The van der Waals surface area contributed by atoms with Crippen molar-refractivity contribution in [3.8, 4) is 0 Å². The van der Waals surface area contributed by atoms with Crippen LogP contribution in [0.25, 0.3) is 10.9 Å². The molecule has 84 valence electrons. The smallest absolute Gasteiger partial charge is 0.0473 e. The van der Waals surface area contributed by atoms with Crippen molar-refractivity contribution in [2.75, 3.05) is 7.05 Å². The minimum absolute atomic E-state index is 0.495. The summed E-state index contributed by atoms with van der Waals surface area (Å²) in [5.41, 5.74) is 4.15. The number of aromatic nitrogens is 1. The maximum Gasteiger partial charge on any atom is 0.0473 e. The summed E-state index contributed by atoms with van der Waals surface area (Å²) in [6, 6.07) is 6.97. The second-order valence-corrected chi connectivity index (χ2v) is 5.36. The van der Waals surface area contributed by atoms with Crippen molar-refractivity contribution in [1.82, 2.24) is 10.3 Å². The molecule has 1 unspecified atom stereocenters. The van der Waals surface area contributed by atoms with E-state index in [1.54, 1.807) is 0 Å². The molecule has 1 aliphatic rings. The van der Waals surface area contributed by atoms with Crippen LogP contribution in [0.4, 0.5) is 0 Å². The molecule has 3 heteroatoms. The van der Waals surface area contributed by atoms with Crippen molar-refractivity contribution in [1.29, 1.82) is 0 Å². The predicted octanol–water partition coefficient (Wildman–Crippen LogP) is 3.53. The Bertz CT molecular complexity index is 530. The van der Waals surface area contributed by atoms with Gasteiger partial charge in [0.1, 0.15) is 0 Å². The average Bonchev–Trinajstić information content (AvgIpc) is 2.67. The molecule has 0 saturated heterocycles. The first-order chi connectivity index (χ1) is 7.79. The summed E-state index contributed by atoms with van der Waals surface area (Å²) in [6.07, 6.45) is 3.71. The van der Waals surface area contributed by atoms with Gasteiger partial charge in [-0.25, -0.2) is 0 Å². The van der Waals surface area contributed by atoms with Gasteiger partial charge in [0.05, 0.1) is 0 Å². The van der Waals surface area contributed by atoms with E-state index < -0.39 is 0 Å². The number of rotatable bonds is 1. The van der Waals surface area contributed by atoms with Crippen LogP contribution >= 0.6 is 15.9 Å². The lowest BCUT2D eigenvalue weighted by Gasteiger charge is -2.21. The predicted molar refractivity (Wildman–Crippen MR) is 70.7 cm³/mol. The van der Waals surface area contributed by atoms with Crippen LogP contribution in [0.15, 0.2) is 22.7 Å². The molecule has 2 N–H and O–H groups in total. The van der Waals surface area contributed by atoms with Gasteiger partial charge in [-0.05, 0) is 50.1 Å². The second-order valence-electron chi connectivity index (χ2n) is 4.44. The summed E-state index contributed by atoms with van der Waals surface area (Å²) in [7, 11) is 2.04. The second kappa shape index (κ2) is 3.90. The van der Waals surface area contributed by atoms with E-state index in [4.69, 9.17) is 0 Å². The first kappa shape index (κ1) is 10.4. The molecule has 2 aromatic rings. The standard InChI is InChI=1S/C13H15BrN2/c1-15-12-4-2-3-9-10-7-8(14)5-6-11(10)16-13(9)12/h5-7,12,15-16H,2-4H2,1H3. The molecule has 0 bridgehead atoms. The highest BCUT2D eigenvalue weighted by Gasteiger charge is 2.22. The maximum atomic E-state index is 3.56. The Morgan fingerprint density at radius 2 is 2.31 bits per heavy atom. The number of benzene rings is 1. The van der Waals surface area contributed by atoms with Crippen molar-refractivity contribution >= 4 is 26.8 Å². The largest absolute Gasteiger partial charge is 0.357 e. The van der Waals surface area contributed by atoms with Crippen LogP contribution in [0.1, 0.15) is 30.1 Å². The van der Waals surface area contributed by atoms with E-state index in [0.29, 0.717) is 6.04 Å². The van der Waals surface area contributed by atoms with Gasteiger partial charge in [-0.1, -0.05) is 15.9 Å². The van der Waals surface area contributed by atoms with E-state index in [9.17, 15) is 0 Å². The molecule has 0 aliphatic heterocycles. The Kier molecular flexibility index (Phi) is 2.52. The minimum Gasteiger partial charge on any atom is -0.357 e. The van der Waals surface area contributed by atoms with Gasteiger partial charge in [-0.15, -0.1) is 0 Å². The van der Waals surface area contributed by atoms with Crippen LogP contribution in [-0.4, -0.2) is 12.0 Å². The molecule has 0 radical (unpaired) electrons. The van der Waals surface area contributed by atoms with E-state index in [0.717, 1.165) is 4.47 Å². The molecule has 0 spiro atoms. The van der Waals surface area contributed by atoms with Crippen molar-refractivity contribution in [3.05, 3.63) is 33.9 Å². The summed E-state index contributed by atoms with van der Waals surface area (Å²) in [5.74, 6) is 0. The van der Waals surface area contributed by atoms with Gasteiger partial charge < -0.3 is 10.3 Å². The van der Waals surface area contributed by atoms with Crippen LogP contribution in [0.5, 0.6) is 0 Å². The maximum absolute atomic E-state index is 3.56.